The molecule has 0 radical (unpaired) electrons. The van der Waals surface area contributed by atoms with Gasteiger partial charge < -0.3 is 9.73 Å². The Bertz CT molecular complexity index is 277. The first-order valence-electron chi connectivity index (χ1n) is 5.18. The van der Waals surface area contributed by atoms with Crippen LogP contribution in [0, 0.1) is 6.92 Å². The highest BCUT2D eigenvalue weighted by Gasteiger charge is 2.12. The molecule has 1 aromatic rings. The van der Waals surface area contributed by atoms with Crippen molar-refractivity contribution < 1.29 is 4.42 Å². The number of hydrogen-bond donors (Lipinski definition) is 1. The fraction of sp³-hybridized carbons (Fsp3) is 0.700. The first kappa shape index (κ1) is 9.68. The van der Waals surface area contributed by atoms with Crippen molar-refractivity contribution in [3.05, 3.63) is 17.8 Å². The molecular formula is C10H17N3O. The van der Waals surface area contributed by atoms with Gasteiger partial charge in [-0.05, 0) is 26.4 Å². The Morgan fingerprint density at radius 2 is 2.43 bits per heavy atom. The summed E-state index contributed by atoms with van der Waals surface area (Å²) in [5.41, 5.74) is 1.08. The van der Waals surface area contributed by atoms with Crippen molar-refractivity contribution in [3.8, 4) is 0 Å². The van der Waals surface area contributed by atoms with Crippen molar-refractivity contribution in [2.45, 2.75) is 19.9 Å². The predicted octanol–water partition coefficient (Wildman–Crippen LogP) is 0.778. The first-order chi connectivity index (χ1) is 6.86. The lowest BCUT2D eigenvalue weighted by Crippen LogP contribution is -2.28. The molecule has 78 valence electrons. The number of aromatic nitrogens is 1. The second-order valence-corrected chi connectivity index (χ2v) is 3.73. The van der Waals surface area contributed by atoms with Crippen LogP contribution in [0.3, 0.4) is 0 Å². The maximum absolute atomic E-state index is 5.18. The minimum Gasteiger partial charge on any atom is -0.448 e. The first-order valence-corrected chi connectivity index (χ1v) is 5.18. The van der Waals surface area contributed by atoms with Crippen molar-refractivity contribution in [2.75, 3.05) is 26.2 Å². The van der Waals surface area contributed by atoms with E-state index in [-0.39, 0.29) is 0 Å². The topological polar surface area (TPSA) is 41.3 Å². The van der Waals surface area contributed by atoms with Crippen molar-refractivity contribution in [2.24, 2.45) is 0 Å². The number of nitrogens with one attached hydrogen (secondary N) is 1. The molecule has 4 heteroatoms. The van der Waals surface area contributed by atoms with Crippen LogP contribution >= 0.6 is 0 Å². The van der Waals surface area contributed by atoms with Gasteiger partial charge in [-0.3, -0.25) is 4.90 Å². The number of rotatable bonds is 2. The van der Waals surface area contributed by atoms with Gasteiger partial charge in [0.25, 0.3) is 0 Å². The van der Waals surface area contributed by atoms with Crippen LogP contribution in [-0.4, -0.2) is 36.1 Å². The molecule has 0 bridgehead atoms. The summed E-state index contributed by atoms with van der Waals surface area (Å²) >= 11 is 0. The summed E-state index contributed by atoms with van der Waals surface area (Å²) in [6, 6.07) is 0. The Hall–Kier alpha value is -0.870. The van der Waals surface area contributed by atoms with Crippen LogP contribution < -0.4 is 5.32 Å². The van der Waals surface area contributed by atoms with E-state index in [4.69, 9.17) is 4.42 Å². The molecule has 2 heterocycles. The van der Waals surface area contributed by atoms with Gasteiger partial charge in [-0.1, -0.05) is 0 Å². The molecule has 0 atom stereocenters. The monoisotopic (exact) mass is 195 g/mol. The van der Waals surface area contributed by atoms with Crippen molar-refractivity contribution in [1.29, 1.82) is 0 Å². The van der Waals surface area contributed by atoms with Gasteiger partial charge in [0.2, 0.25) is 0 Å². The Kier molecular flexibility index (Phi) is 3.16. The van der Waals surface area contributed by atoms with Crippen LogP contribution in [0.4, 0.5) is 0 Å². The van der Waals surface area contributed by atoms with Crippen LogP contribution in [0.1, 0.15) is 17.9 Å². The summed E-state index contributed by atoms with van der Waals surface area (Å²) in [6.45, 7) is 7.36. The Balaban J connectivity index is 1.92. The minimum atomic E-state index is 0.921. The molecule has 0 amide bonds. The van der Waals surface area contributed by atoms with E-state index in [2.05, 4.69) is 15.2 Å². The van der Waals surface area contributed by atoms with E-state index in [9.17, 15) is 0 Å². The number of oxazole rings is 1. The van der Waals surface area contributed by atoms with Crippen LogP contribution in [0.15, 0.2) is 10.8 Å². The Morgan fingerprint density at radius 1 is 1.50 bits per heavy atom. The van der Waals surface area contributed by atoms with Gasteiger partial charge in [-0.15, -0.1) is 0 Å². The highest BCUT2D eigenvalue weighted by molar-refractivity contribution is 5.04. The van der Waals surface area contributed by atoms with Crippen molar-refractivity contribution in [3.63, 3.8) is 0 Å². The summed E-state index contributed by atoms with van der Waals surface area (Å²) in [5, 5.41) is 3.39. The van der Waals surface area contributed by atoms with E-state index in [1.807, 2.05) is 6.92 Å². The Morgan fingerprint density at radius 3 is 3.21 bits per heavy atom. The van der Waals surface area contributed by atoms with E-state index in [0.29, 0.717) is 0 Å². The zero-order valence-corrected chi connectivity index (χ0v) is 8.62. The molecule has 0 saturated carbocycles. The van der Waals surface area contributed by atoms with Gasteiger partial charge in [-0.25, -0.2) is 4.98 Å². The van der Waals surface area contributed by atoms with Gasteiger partial charge in [0, 0.05) is 19.6 Å². The molecule has 14 heavy (non-hydrogen) atoms. The third-order valence-electron chi connectivity index (χ3n) is 2.65. The highest BCUT2D eigenvalue weighted by Crippen LogP contribution is 2.09. The molecule has 4 nitrogen and oxygen atoms in total. The molecule has 1 N–H and O–H groups in total. The number of hydrogen-bond acceptors (Lipinski definition) is 4. The molecule has 1 aliphatic heterocycles. The van der Waals surface area contributed by atoms with E-state index >= 15 is 0 Å². The van der Waals surface area contributed by atoms with Crippen molar-refractivity contribution >= 4 is 0 Å². The van der Waals surface area contributed by atoms with Gasteiger partial charge in [0.1, 0.15) is 5.76 Å². The average molecular weight is 195 g/mol. The minimum absolute atomic E-state index is 0.921. The van der Waals surface area contributed by atoms with Crippen molar-refractivity contribution in [1.82, 2.24) is 15.2 Å². The molecule has 2 rings (SSSR count). The molecule has 0 aromatic carbocycles. The van der Waals surface area contributed by atoms with Crippen LogP contribution in [0.5, 0.6) is 0 Å². The quantitative estimate of drug-likeness (QED) is 0.757. The molecule has 0 aliphatic carbocycles. The lowest BCUT2D eigenvalue weighted by atomic mass is 10.3. The number of nitrogens with zero attached hydrogens (tertiary/aromatic N) is 2. The normalized spacial score (nSPS) is 19.5. The maximum Gasteiger partial charge on any atom is 0.181 e. The standard InChI is InChI=1S/C10H17N3O/c1-9-10(12-8-14-9)7-13-5-2-3-11-4-6-13/h8,11H,2-7H2,1H3. The molecule has 0 spiro atoms. The fourth-order valence-electron chi connectivity index (χ4n) is 1.75. The summed E-state index contributed by atoms with van der Waals surface area (Å²) in [7, 11) is 0. The van der Waals surface area contributed by atoms with Crippen LogP contribution in [0.2, 0.25) is 0 Å². The SMILES string of the molecule is Cc1ocnc1CN1CCCNCC1. The summed E-state index contributed by atoms with van der Waals surface area (Å²) < 4.78 is 5.18. The molecule has 1 fully saturated rings. The predicted molar refractivity (Wildman–Crippen MR) is 54.0 cm³/mol. The van der Waals surface area contributed by atoms with Gasteiger partial charge in [0.05, 0.1) is 5.69 Å². The van der Waals surface area contributed by atoms with Crippen LogP contribution in [0.25, 0.3) is 0 Å². The van der Waals surface area contributed by atoms with Gasteiger partial charge >= 0.3 is 0 Å². The van der Waals surface area contributed by atoms with E-state index in [1.165, 1.54) is 12.8 Å². The zero-order chi connectivity index (χ0) is 9.80. The summed E-state index contributed by atoms with van der Waals surface area (Å²) in [5.74, 6) is 0.946. The Labute approximate surface area is 84.3 Å². The summed E-state index contributed by atoms with van der Waals surface area (Å²) in [4.78, 5) is 6.63. The molecule has 0 unspecified atom stereocenters. The maximum atomic E-state index is 5.18. The van der Waals surface area contributed by atoms with E-state index in [1.54, 1.807) is 0 Å². The molecule has 1 aliphatic rings. The molecule has 1 aromatic heterocycles. The largest absolute Gasteiger partial charge is 0.448 e. The molecule has 1 saturated heterocycles. The average Bonchev–Trinajstić information content (AvgIpc) is 2.44. The summed E-state index contributed by atoms with van der Waals surface area (Å²) in [6.07, 6.45) is 2.75. The smallest absolute Gasteiger partial charge is 0.181 e. The zero-order valence-electron chi connectivity index (χ0n) is 8.62. The van der Waals surface area contributed by atoms with Gasteiger partial charge in [-0.2, -0.15) is 0 Å². The molecular weight excluding hydrogens is 178 g/mol. The van der Waals surface area contributed by atoms with Gasteiger partial charge in [0.15, 0.2) is 6.39 Å². The third-order valence-corrected chi connectivity index (χ3v) is 2.65. The second kappa shape index (κ2) is 4.57. The fourth-order valence-corrected chi connectivity index (χ4v) is 1.75. The lowest BCUT2D eigenvalue weighted by Gasteiger charge is -2.17. The second-order valence-electron chi connectivity index (χ2n) is 3.73. The van der Waals surface area contributed by atoms with Crippen LogP contribution in [-0.2, 0) is 6.54 Å². The van der Waals surface area contributed by atoms with E-state index in [0.717, 1.165) is 44.2 Å². The third kappa shape index (κ3) is 2.33. The van der Waals surface area contributed by atoms with E-state index < -0.39 is 0 Å². The number of aryl methyl sites for hydroxylation is 1. The highest BCUT2D eigenvalue weighted by atomic mass is 16.3. The lowest BCUT2D eigenvalue weighted by molar-refractivity contribution is 0.280.